The van der Waals surface area contributed by atoms with Crippen molar-refractivity contribution in [3.63, 3.8) is 0 Å². The Hall–Kier alpha value is -2.76. The van der Waals surface area contributed by atoms with Crippen LogP contribution in [0.25, 0.3) is 11.0 Å². The molecule has 1 heterocycles. The molecule has 0 aliphatic rings. The second-order valence-electron chi connectivity index (χ2n) is 4.95. The molecule has 1 N–H and O–H groups in total. The fourth-order valence-corrected chi connectivity index (χ4v) is 2.18. The molecule has 0 unspecified atom stereocenters. The lowest BCUT2D eigenvalue weighted by atomic mass is 10.1. The first kappa shape index (κ1) is 14.2. The number of rotatable bonds is 3. The van der Waals surface area contributed by atoms with Gasteiger partial charge in [-0.1, -0.05) is 22.9 Å². The maximum Gasteiger partial charge on any atom is 0.230 e. The third kappa shape index (κ3) is 2.67. The number of benzene rings is 2. The minimum atomic E-state index is -0.825. The number of hydrogen-bond donors (Lipinski definition) is 1. The van der Waals surface area contributed by atoms with Crippen molar-refractivity contribution in [2.24, 2.45) is 0 Å². The monoisotopic (exact) mass is 302 g/mol. The van der Waals surface area contributed by atoms with Crippen LogP contribution in [0.3, 0.4) is 0 Å². The summed E-state index contributed by atoms with van der Waals surface area (Å²) in [5.74, 6) is -2.22. The number of anilines is 1. The molecule has 0 spiro atoms. The van der Waals surface area contributed by atoms with Crippen LogP contribution in [-0.4, -0.2) is 11.1 Å². The first-order valence-electron chi connectivity index (χ1n) is 6.63. The third-order valence-corrected chi connectivity index (χ3v) is 3.26. The molecule has 3 aromatic rings. The molecule has 0 aliphatic carbocycles. The second kappa shape index (κ2) is 5.55. The van der Waals surface area contributed by atoms with Crippen molar-refractivity contribution in [2.45, 2.75) is 13.3 Å². The second-order valence-corrected chi connectivity index (χ2v) is 4.95. The number of hydrogen-bond acceptors (Lipinski definition) is 3. The number of aryl methyl sites for hydroxylation is 1. The highest BCUT2D eigenvalue weighted by atomic mass is 19.1. The smallest absolute Gasteiger partial charge is 0.230 e. The summed E-state index contributed by atoms with van der Waals surface area (Å²) in [6.45, 7) is 1.91. The van der Waals surface area contributed by atoms with Crippen molar-refractivity contribution in [2.75, 3.05) is 5.32 Å². The fraction of sp³-hybridized carbons (Fsp3) is 0.125. The maximum absolute atomic E-state index is 13.5. The molecule has 0 atom stereocenters. The van der Waals surface area contributed by atoms with Crippen LogP contribution >= 0.6 is 0 Å². The van der Waals surface area contributed by atoms with Crippen molar-refractivity contribution in [1.82, 2.24) is 5.16 Å². The first-order chi connectivity index (χ1) is 10.5. The van der Waals surface area contributed by atoms with E-state index in [2.05, 4.69) is 10.5 Å². The molecule has 1 aromatic heterocycles. The van der Waals surface area contributed by atoms with E-state index in [1.807, 2.05) is 19.1 Å². The number of para-hydroxylation sites is 1. The Morgan fingerprint density at radius 1 is 1.23 bits per heavy atom. The van der Waals surface area contributed by atoms with Gasteiger partial charge in [0.2, 0.25) is 5.91 Å². The Labute approximate surface area is 124 Å². The molecular weight excluding hydrogens is 290 g/mol. The van der Waals surface area contributed by atoms with Gasteiger partial charge in [-0.05, 0) is 31.2 Å². The lowest BCUT2D eigenvalue weighted by Gasteiger charge is -2.06. The SMILES string of the molecule is Cc1ccc2onc(CC(=O)Nc3c(F)cccc3F)c2c1. The van der Waals surface area contributed by atoms with Crippen molar-refractivity contribution in [1.29, 1.82) is 0 Å². The first-order valence-corrected chi connectivity index (χ1v) is 6.63. The van der Waals surface area contributed by atoms with Gasteiger partial charge < -0.3 is 9.84 Å². The average Bonchev–Trinajstić information content (AvgIpc) is 2.85. The van der Waals surface area contributed by atoms with E-state index in [1.165, 1.54) is 6.07 Å². The summed E-state index contributed by atoms with van der Waals surface area (Å²) in [7, 11) is 0. The van der Waals surface area contributed by atoms with E-state index in [4.69, 9.17) is 4.52 Å². The zero-order chi connectivity index (χ0) is 15.7. The number of fused-ring (bicyclic) bond motifs is 1. The topological polar surface area (TPSA) is 55.1 Å². The lowest BCUT2D eigenvalue weighted by Crippen LogP contribution is -2.16. The van der Waals surface area contributed by atoms with Crippen LogP contribution in [0.15, 0.2) is 40.9 Å². The highest BCUT2D eigenvalue weighted by Crippen LogP contribution is 2.22. The summed E-state index contributed by atoms with van der Waals surface area (Å²) in [5, 5.41) is 6.78. The highest BCUT2D eigenvalue weighted by Gasteiger charge is 2.16. The molecule has 1 amide bonds. The predicted molar refractivity (Wildman–Crippen MR) is 77.4 cm³/mol. The summed E-state index contributed by atoms with van der Waals surface area (Å²) in [6.07, 6.45) is -0.135. The molecule has 112 valence electrons. The summed E-state index contributed by atoms with van der Waals surface area (Å²) in [6, 6.07) is 8.86. The Balaban J connectivity index is 1.83. The molecule has 0 saturated heterocycles. The van der Waals surface area contributed by atoms with Crippen LogP contribution in [0.5, 0.6) is 0 Å². The number of amides is 1. The molecule has 22 heavy (non-hydrogen) atoms. The van der Waals surface area contributed by atoms with Gasteiger partial charge in [0.05, 0.1) is 6.42 Å². The number of nitrogens with zero attached hydrogens (tertiary/aromatic N) is 1. The lowest BCUT2D eigenvalue weighted by molar-refractivity contribution is -0.115. The Morgan fingerprint density at radius 3 is 2.68 bits per heavy atom. The fourth-order valence-electron chi connectivity index (χ4n) is 2.18. The molecule has 0 aliphatic heterocycles. The maximum atomic E-state index is 13.5. The van der Waals surface area contributed by atoms with E-state index in [1.54, 1.807) is 6.07 Å². The van der Waals surface area contributed by atoms with Crippen LogP contribution < -0.4 is 5.32 Å². The predicted octanol–water partition coefficient (Wildman–Crippen LogP) is 3.60. The Bertz CT molecular complexity index is 838. The van der Waals surface area contributed by atoms with E-state index >= 15 is 0 Å². The molecule has 6 heteroatoms. The van der Waals surface area contributed by atoms with Gasteiger partial charge in [-0.2, -0.15) is 0 Å². The highest BCUT2D eigenvalue weighted by molar-refractivity contribution is 5.94. The van der Waals surface area contributed by atoms with Crippen LogP contribution in [0.2, 0.25) is 0 Å². The van der Waals surface area contributed by atoms with Gasteiger partial charge in [0, 0.05) is 5.39 Å². The summed E-state index contributed by atoms with van der Waals surface area (Å²) >= 11 is 0. The molecule has 0 radical (unpaired) electrons. The van der Waals surface area contributed by atoms with Gasteiger partial charge in [0.15, 0.2) is 5.58 Å². The minimum Gasteiger partial charge on any atom is -0.356 e. The van der Waals surface area contributed by atoms with Crippen LogP contribution in [0.1, 0.15) is 11.3 Å². The van der Waals surface area contributed by atoms with Crippen molar-refractivity contribution in [3.05, 3.63) is 59.3 Å². The summed E-state index contributed by atoms with van der Waals surface area (Å²) in [4.78, 5) is 12.0. The third-order valence-electron chi connectivity index (χ3n) is 3.26. The Morgan fingerprint density at radius 2 is 1.95 bits per heavy atom. The van der Waals surface area contributed by atoms with Crippen LogP contribution in [-0.2, 0) is 11.2 Å². The number of nitrogens with one attached hydrogen (secondary N) is 1. The van der Waals surface area contributed by atoms with Gasteiger partial charge in [0.1, 0.15) is 23.0 Å². The summed E-state index contributed by atoms with van der Waals surface area (Å²) < 4.78 is 32.1. The van der Waals surface area contributed by atoms with Crippen molar-refractivity contribution < 1.29 is 18.1 Å². The van der Waals surface area contributed by atoms with E-state index in [0.29, 0.717) is 16.7 Å². The zero-order valence-electron chi connectivity index (χ0n) is 11.7. The van der Waals surface area contributed by atoms with Crippen molar-refractivity contribution >= 4 is 22.6 Å². The van der Waals surface area contributed by atoms with Crippen LogP contribution in [0, 0.1) is 18.6 Å². The molecule has 4 nitrogen and oxygen atoms in total. The number of carbonyl (C=O) groups is 1. The van der Waals surface area contributed by atoms with E-state index in [0.717, 1.165) is 17.7 Å². The molecule has 2 aromatic carbocycles. The molecule has 0 saturated carbocycles. The van der Waals surface area contributed by atoms with Gasteiger partial charge >= 0.3 is 0 Å². The number of halogens is 2. The van der Waals surface area contributed by atoms with E-state index in [9.17, 15) is 13.6 Å². The standard InChI is InChI=1S/C16H12F2N2O2/c1-9-5-6-14-10(7-9)13(20-22-14)8-15(21)19-16-11(17)3-2-4-12(16)18/h2-7H,8H2,1H3,(H,19,21). The normalized spacial score (nSPS) is 10.9. The van der Waals surface area contributed by atoms with E-state index in [-0.39, 0.29) is 6.42 Å². The van der Waals surface area contributed by atoms with Gasteiger partial charge in [-0.25, -0.2) is 8.78 Å². The minimum absolute atomic E-state index is 0.135. The zero-order valence-corrected chi connectivity index (χ0v) is 11.7. The largest absolute Gasteiger partial charge is 0.356 e. The van der Waals surface area contributed by atoms with Gasteiger partial charge in [0.25, 0.3) is 0 Å². The van der Waals surface area contributed by atoms with E-state index < -0.39 is 23.2 Å². The number of aromatic nitrogens is 1. The number of carbonyl (C=O) groups excluding carboxylic acids is 1. The van der Waals surface area contributed by atoms with Gasteiger partial charge in [-0.3, -0.25) is 4.79 Å². The molecular formula is C16H12F2N2O2. The quantitative estimate of drug-likeness (QED) is 0.804. The summed E-state index contributed by atoms with van der Waals surface area (Å²) in [5.41, 5.74) is 1.52. The molecule has 0 bridgehead atoms. The molecule has 3 rings (SSSR count). The average molecular weight is 302 g/mol. The Kier molecular flexibility index (Phi) is 3.58. The molecule has 0 fully saturated rings. The van der Waals surface area contributed by atoms with Crippen molar-refractivity contribution in [3.8, 4) is 0 Å². The van der Waals surface area contributed by atoms with Crippen LogP contribution in [0.4, 0.5) is 14.5 Å². The van der Waals surface area contributed by atoms with Gasteiger partial charge in [-0.15, -0.1) is 0 Å².